The zero-order valence-corrected chi connectivity index (χ0v) is 9.79. The Bertz CT molecular complexity index is 273. The standard InChI is InChI=1S/C10H18N2OS/c1-8(2)6-14-7-10(13)9-4-5-11-12(9)3/h4-5,8,10,13H,6-7H2,1-3H3. The Morgan fingerprint density at radius 1 is 1.50 bits per heavy atom. The van der Waals surface area contributed by atoms with Crippen LogP contribution in [0.3, 0.4) is 0 Å². The summed E-state index contributed by atoms with van der Waals surface area (Å²) in [6.45, 7) is 4.37. The van der Waals surface area contributed by atoms with E-state index in [1.54, 1.807) is 22.6 Å². The highest BCUT2D eigenvalue weighted by atomic mass is 32.2. The van der Waals surface area contributed by atoms with Crippen molar-refractivity contribution in [3.8, 4) is 0 Å². The van der Waals surface area contributed by atoms with Gasteiger partial charge >= 0.3 is 0 Å². The number of thioether (sulfide) groups is 1. The average Bonchev–Trinajstić information content (AvgIpc) is 2.50. The molecule has 1 rings (SSSR count). The molecule has 1 unspecified atom stereocenters. The summed E-state index contributed by atoms with van der Waals surface area (Å²) < 4.78 is 1.72. The highest BCUT2D eigenvalue weighted by molar-refractivity contribution is 7.99. The number of aliphatic hydroxyl groups is 1. The van der Waals surface area contributed by atoms with E-state index in [2.05, 4.69) is 18.9 Å². The first-order chi connectivity index (χ1) is 6.61. The molecule has 0 radical (unpaired) electrons. The summed E-state index contributed by atoms with van der Waals surface area (Å²) in [6.07, 6.45) is 1.32. The molecular formula is C10H18N2OS. The maximum absolute atomic E-state index is 9.82. The Hall–Kier alpha value is -0.480. The van der Waals surface area contributed by atoms with Crippen molar-refractivity contribution in [2.24, 2.45) is 13.0 Å². The van der Waals surface area contributed by atoms with Gasteiger partial charge in [-0.1, -0.05) is 13.8 Å². The van der Waals surface area contributed by atoms with Crippen LogP contribution < -0.4 is 0 Å². The van der Waals surface area contributed by atoms with Gasteiger partial charge in [0, 0.05) is 19.0 Å². The molecule has 1 aromatic heterocycles. The highest BCUT2D eigenvalue weighted by Gasteiger charge is 2.11. The van der Waals surface area contributed by atoms with Gasteiger partial charge in [0.2, 0.25) is 0 Å². The number of aryl methyl sites for hydroxylation is 1. The minimum Gasteiger partial charge on any atom is -0.386 e. The molecule has 1 heterocycles. The molecule has 1 atom stereocenters. The molecule has 0 fully saturated rings. The summed E-state index contributed by atoms with van der Waals surface area (Å²) in [7, 11) is 1.85. The Morgan fingerprint density at radius 2 is 2.21 bits per heavy atom. The molecule has 1 N–H and O–H groups in total. The quantitative estimate of drug-likeness (QED) is 0.813. The van der Waals surface area contributed by atoms with Gasteiger partial charge in [0.1, 0.15) is 6.10 Å². The Morgan fingerprint density at radius 3 is 2.71 bits per heavy atom. The second-order valence-electron chi connectivity index (χ2n) is 3.83. The predicted octanol–water partition coefficient (Wildman–Crippen LogP) is 1.84. The average molecular weight is 214 g/mol. The Labute approximate surface area is 89.5 Å². The summed E-state index contributed by atoms with van der Waals surface area (Å²) in [5, 5.41) is 13.8. The van der Waals surface area contributed by atoms with Crippen molar-refractivity contribution in [2.45, 2.75) is 20.0 Å². The molecule has 80 valence electrons. The molecule has 0 amide bonds. The van der Waals surface area contributed by atoms with E-state index >= 15 is 0 Å². The van der Waals surface area contributed by atoms with E-state index < -0.39 is 6.10 Å². The van der Waals surface area contributed by atoms with Gasteiger partial charge in [-0.05, 0) is 17.7 Å². The Balaban J connectivity index is 2.36. The van der Waals surface area contributed by atoms with E-state index in [1.165, 1.54) is 0 Å². The van der Waals surface area contributed by atoms with Gasteiger partial charge in [-0.2, -0.15) is 16.9 Å². The van der Waals surface area contributed by atoms with E-state index in [-0.39, 0.29) is 0 Å². The summed E-state index contributed by atoms with van der Waals surface area (Å²) in [5.41, 5.74) is 0.890. The van der Waals surface area contributed by atoms with Crippen LogP contribution in [0, 0.1) is 5.92 Å². The third kappa shape index (κ3) is 3.35. The van der Waals surface area contributed by atoms with Gasteiger partial charge in [-0.25, -0.2) is 0 Å². The molecule has 0 spiro atoms. The van der Waals surface area contributed by atoms with E-state index in [4.69, 9.17) is 0 Å². The van der Waals surface area contributed by atoms with Crippen LogP contribution in [0.15, 0.2) is 12.3 Å². The van der Waals surface area contributed by atoms with E-state index in [0.29, 0.717) is 5.92 Å². The van der Waals surface area contributed by atoms with Crippen LogP contribution in [-0.4, -0.2) is 26.4 Å². The number of hydrogen-bond donors (Lipinski definition) is 1. The van der Waals surface area contributed by atoms with Crippen LogP contribution in [0.2, 0.25) is 0 Å². The van der Waals surface area contributed by atoms with E-state index in [0.717, 1.165) is 17.2 Å². The molecule has 1 aromatic rings. The second-order valence-corrected chi connectivity index (χ2v) is 4.90. The van der Waals surface area contributed by atoms with Crippen molar-refractivity contribution in [2.75, 3.05) is 11.5 Å². The number of aliphatic hydroxyl groups excluding tert-OH is 1. The van der Waals surface area contributed by atoms with Gasteiger partial charge in [-0.15, -0.1) is 0 Å². The zero-order valence-electron chi connectivity index (χ0n) is 8.97. The fourth-order valence-electron chi connectivity index (χ4n) is 1.21. The minimum atomic E-state index is -0.397. The van der Waals surface area contributed by atoms with Crippen molar-refractivity contribution in [3.05, 3.63) is 18.0 Å². The number of rotatable bonds is 5. The lowest BCUT2D eigenvalue weighted by atomic mass is 10.3. The molecule has 14 heavy (non-hydrogen) atoms. The fraction of sp³-hybridized carbons (Fsp3) is 0.700. The molecule has 0 aliphatic heterocycles. The lowest BCUT2D eigenvalue weighted by Crippen LogP contribution is -2.08. The summed E-state index contributed by atoms with van der Waals surface area (Å²) >= 11 is 1.79. The molecule has 0 aromatic carbocycles. The molecule has 0 aliphatic rings. The molecular weight excluding hydrogens is 196 g/mol. The first-order valence-corrected chi connectivity index (χ1v) is 6.00. The van der Waals surface area contributed by atoms with Crippen molar-refractivity contribution in [1.29, 1.82) is 0 Å². The SMILES string of the molecule is CC(C)CSCC(O)c1ccnn1C. The van der Waals surface area contributed by atoms with Gasteiger partial charge in [0.05, 0.1) is 5.69 Å². The van der Waals surface area contributed by atoms with Gasteiger partial charge in [0.25, 0.3) is 0 Å². The molecule has 4 heteroatoms. The van der Waals surface area contributed by atoms with Crippen LogP contribution in [0.1, 0.15) is 25.6 Å². The summed E-state index contributed by atoms with van der Waals surface area (Å²) in [5.74, 6) is 2.52. The third-order valence-electron chi connectivity index (χ3n) is 1.93. The highest BCUT2D eigenvalue weighted by Crippen LogP contribution is 2.18. The third-order valence-corrected chi connectivity index (χ3v) is 3.38. The lowest BCUT2D eigenvalue weighted by molar-refractivity contribution is 0.193. The topological polar surface area (TPSA) is 38.1 Å². The van der Waals surface area contributed by atoms with Crippen molar-refractivity contribution < 1.29 is 5.11 Å². The van der Waals surface area contributed by atoms with Crippen LogP contribution in [0.4, 0.5) is 0 Å². The van der Waals surface area contributed by atoms with Crippen LogP contribution in [0.25, 0.3) is 0 Å². The largest absolute Gasteiger partial charge is 0.386 e. The summed E-state index contributed by atoms with van der Waals surface area (Å²) in [4.78, 5) is 0. The van der Waals surface area contributed by atoms with Gasteiger partial charge < -0.3 is 5.11 Å². The van der Waals surface area contributed by atoms with Crippen molar-refractivity contribution in [3.63, 3.8) is 0 Å². The van der Waals surface area contributed by atoms with Crippen molar-refractivity contribution in [1.82, 2.24) is 9.78 Å². The Kier molecular flexibility index (Phi) is 4.48. The molecule has 3 nitrogen and oxygen atoms in total. The normalized spacial score (nSPS) is 13.5. The smallest absolute Gasteiger partial charge is 0.105 e. The lowest BCUT2D eigenvalue weighted by Gasteiger charge is -2.11. The molecule has 0 bridgehead atoms. The van der Waals surface area contributed by atoms with E-state index in [1.807, 2.05) is 13.1 Å². The molecule has 0 saturated carbocycles. The molecule has 0 saturated heterocycles. The van der Waals surface area contributed by atoms with E-state index in [9.17, 15) is 5.11 Å². The maximum Gasteiger partial charge on any atom is 0.105 e. The zero-order chi connectivity index (χ0) is 10.6. The maximum atomic E-state index is 9.82. The van der Waals surface area contributed by atoms with Gasteiger partial charge in [-0.3, -0.25) is 4.68 Å². The fourth-order valence-corrected chi connectivity index (χ4v) is 2.21. The first-order valence-electron chi connectivity index (χ1n) is 4.85. The minimum absolute atomic E-state index is 0.397. The predicted molar refractivity (Wildman–Crippen MR) is 60.3 cm³/mol. The first kappa shape index (κ1) is 11.6. The number of aromatic nitrogens is 2. The monoisotopic (exact) mass is 214 g/mol. The summed E-state index contributed by atoms with van der Waals surface area (Å²) in [6, 6.07) is 1.86. The number of nitrogens with zero attached hydrogens (tertiary/aromatic N) is 2. The van der Waals surface area contributed by atoms with Crippen molar-refractivity contribution >= 4 is 11.8 Å². The second kappa shape index (κ2) is 5.41. The number of hydrogen-bond acceptors (Lipinski definition) is 3. The van der Waals surface area contributed by atoms with Crippen LogP contribution in [-0.2, 0) is 7.05 Å². The van der Waals surface area contributed by atoms with Crippen LogP contribution in [0.5, 0.6) is 0 Å². The molecule has 0 aliphatic carbocycles. The van der Waals surface area contributed by atoms with Crippen LogP contribution >= 0.6 is 11.8 Å². The van der Waals surface area contributed by atoms with Gasteiger partial charge in [0.15, 0.2) is 0 Å².